The lowest BCUT2D eigenvalue weighted by molar-refractivity contribution is 0.668. The maximum absolute atomic E-state index is 6.78. The van der Waals surface area contributed by atoms with E-state index >= 15 is 0 Å². The van der Waals surface area contributed by atoms with Crippen molar-refractivity contribution in [1.82, 2.24) is 19.9 Å². The Morgan fingerprint density at radius 2 is 0.930 bits per heavy atom. The summed E-state index contributed by atoms with van der Waals surface area (Å²) < 4.78 is 19.3. The highest BCUT2D eigenvalue weighted by atomic mass is 16.3. The van der Waals surface area contributed by atoms with E-state index in [1.54, 1.807) is 6.20 Å². The Morgan fingerprint density at radius 1 is 0.333 bits per heavy atom. The maximum atomic E-state index is 6.78. The van der Waals surface area contributed by atoms with Gasteiger partial charge in [-0.3, -0.25) is 4.98 Å². The van der Waals surface area contributed by atoms with E-state index in [9.17, 15) is 0 Å². The summed E-state index contributed by atoms with van der Waals surface area (Å²) in [5, 5.41) is 6.23. The number of pyridine rings is 1. The van der Waals surface area contributed by atoms with Gasteiger partial charge in [-0.25, -0.2) is 15.0 Å². The highest BCUT2D eigenvalue weighted by Gasteiger charge is 2.22. The van der Waals surface area contributed by atoms with Crippen molar-refractivity contribution in [3.8, 4) is 56.4 Å². The predicted molar refractivity (Wildman–Crippen MR) is 227 cm³/mol. The molecule has 0 bridgehead atoms. The van der Waals surface area contributed by atoms with Gasteiger partial charge in [0.1, 0.15) is 33.5 Å². The molecule has 0 fully saturated rings. The second kappa shape index (κ2) is 12.3. The number of rotatable bonds is 5. The van der Waals surface area contributed by atoms with E-state index in [-0.39, 0.29) is 0 Å². The van der Waals surface area contributed by atoms with Crippen LogP contribution in [-0.4, -0.2) is 19.9 Å². The minimum Gasteiger partial charge on any atom is -0.456 e. The first kappa shape index (κ1) is 31.5. The van der Waals surface area contributed by atoms with Crippen molar-refractivity contribution in [3.05, 3.63) is 170 Å². The van der Waals surface area contributed by atoms with Gasteiger partial charge in [-0.2, -0.15) is 0 Å². The number of nitrogens with zero attached hydrogens (tertiary/aromatic N) is 4. The summed E-state index contributed by atoms with van der Waals surface area (Å²) in [4.78, 5) is 20.0. The lowest BCUT2D eigenvalue weighted by atomic mass is 9.95. The minimum absolute atomic E-state index is 0.493. The van der Waals surface area contributed by atoms with E-state index < -0.39 is 0 Å². The molecule has 0 N–H and O–H groups in total. The molecule has 0 saturated heterocycles. The molecule has 5 aromatic heterocycles. The van der Waals surface area contributed by atoms with Crippen LogP contribution in [0.3, 0.4) is 0 Å². The van der Waals surface area contributed by atoms with Crippen LogP contribution in [-0.2, 0) is 0 Å². The molecule has 0 unspecified atom stereocenters. The third-order valence-corrected chi connectivity index (χ3v) is 10.9. The minimum atomic E-state index is 0.493. The first-order valence-corrected chi connectivity index (χ1v) is 18.8. The van der Waals surface area contributed by atoms with Crippen LogP contribution in [0.4, 0.5) is 0 Å². The molecule has 0 aliphatic rings. The molecule has 57 heavy (non-hydrogen) atoms. The zero-order valence-electron chi connectivity index (χ0n) is 30.2. The van der Waals surface area contributed by atoms with Crippen molar-refractivity contribution >= 4 is 65.8 Å². The summed E-state index contributed by atoms with van der Waals surface area (Å²) in [6.07, 6.45) is 3.63. The highest BCUT2D eigenvalue weighted by molar-refractivity contribution is 6.17. The number of aromatic nitrogens is 4. The molecule has 0 amide bonds. The quantitative estimate of drug-likeness (QED) is 0.174. The van der Waals surface area contributed by atoms with Gasteiger partial charge in [-0.05, 0) is 71.3 Å². The average Bonchev–Trinajstić information content (AvgIpc) is 3.97. The molecule has 7 heteroatoms. The lowest BCUT2D eigenvalue weighted by Gasteiger charge is -2.13. The van der Waals surface area contributed by atoms with Crippen LogP contribution in [0.15, 0.2) is 183 Å². The number of hydrogen-bond acceptors (Lipinski definition) is 7. The SMILES string of the molecule is c1cncc(-c2ccccc2-c2nc(-c3ccc4c(c3)oc3ccccc34)nc(-c3ccc(-c4ccc5oc6ccccc6c5c4)c4c3oc3ccccc34)n2)c1. The van der Waals surface area contributed by atoms with E-state index in [0.29, 0.717) is 23.1 Å². The third kappa shape index (κ3) is 4.99. The van der Waals surface area contributed by atoms with E-state index in [1.807, 2.05) is 97.2 Å². The van der Waals surface area contributed by atoms with Crippen LogP contribution in [0.2, 0.25) is 0 Å². The van der Waals surface area contributed by atoms with Crippen molar-refractivity contribution in [3.63, 3.8) is 0 Å². The molecule has 12 rings (SSSR count). The van der Waals surface area contributed by atoms with E-state index in [1.165, 1.54) is 0 Å². The molecule has 266 valence electrons. The van der Waals surface area contributed by atoms with Crippen LogP contribution < -0.4 is 0 Å². The molecule has 0 spiro atoms. The second-order valence-corrected chi connectivity index (χ2v) is 14.2. The molecule has 0 aliphatic heterocycles. The number of para-hydroxylation sites is 3. The van der Waals surface area contributed by atoms with Crippen molar-refractivity contribution in [2.75, 3.05) is 0 Å². The summed E-state index contributed by atoms with van der Waals surface area (Å²) >= 11 is 0. The molecular weight excluding hydrogens is 705 g/mol. The summed E-state index contributed by atoms with van der Waals surface area (Å²) in [6, 6.07) is 53.2. The molecule has 5 heterocycles. The molecule has 7 nitrogen and oxygen atoms in total. The highest BCUT2D eigenvalue weighted by Crippen LogP contribution is 2.43. The molecule has 12 aromatic rings. The van der Waals surface area contributed by atoms with Crippen LogP contribution >= 0.6 is 0 Å². The van der Waals surface area contributed by atoms with Gasteiger partial charge in [0.05, 0.1) is 5.56 Å². The van der Waals surface area contributed by atoms with Gasteiger partial charge in [0.25, 0.3) is 0 Å². The Labute approximate surface area is 324 Å². The normalized spacial score (nSPS) is 11.9. The van der Waals surface area contributed by atoms with Gasteiger partial charge in [0, 0.05) is 61.4 Å². The molecule has 0 saturated carbocycles. The van der Waals surface area contributed by atoms with Crippen molar-refractivity contribution in [1.29, 1.82) is 0 Å². The van der Waals surface area contributed by atoms with Gasteiger partial charge < -0.3 is 13.3 Å². The predicted octanol–water partition coefficient (Wildman–Crippen LogP) is 13.3. The molecular formula is C50H28N4O3. The zero-order valence-corrected chi connectivity index (χ0v) is 30.2. The summed E-state index contributed by atoms with van der Waals surface area (Å²) in [7, 11) is 0. The lowest BCUT2D eigenvalue weighted by Crippen LogP contribution is -2.01. The Bertz CT molecular complexity index is 3540. The van der Waals surface area contributed by atoms with E-state index in [2.05, 4.69) is 71.7 Å². The number of fused-ring (bicyclic) bond motifs is 9. The van der Waals surface area contributed by atoms with Crippen LogP contribution in [0.5, 0.6) is 0 Å². The van der Waals surface area contributed by atoms with Crippen LogP contribution in [0, 0.1) is 0 Å². The van der Waals surface area contributed by atoms with Gasteiger partial charge in [-0.15, -0.1) is 0 Å². The van der Waals surface area contributed by atoms with Crippen LogP contribution in [0.1, 0.15) is 0 Å². The maximum Gasteiger partial charge on any atom is 0.167 e. The fraction of sp³-hybridized carbons (Fsp3) is 0. The Morgan fingerprint density at radius 3 is 1.72 bits per heavy atom. The number of hydrogen-bond donors (Lipinski definition) is 0. The largest absolute Gasteiger partial charge is 0.456 e. The van der Waals surface area contributed by atoms with Gasteiger partial charge in [0.2, 0.25) is 0 Å². The topological polar surface area (TPSA) is 91.0 Å². The Hall–Kier alpha value is -7.90. The van der Waals surface area contributed by atoms with Crippen molar-refractivity contribution < 1.29 is 13.3 Å². The van der Waals surface area contributed by atoms with Gasteiger partial charge in [-0.1, -0.05) is 103 Å². The smallest absolute Gasteiger partial charge is 0.167 e. The first-order valence-electron chi connectivity index (χ1n) is 18.8. The third-order valence-electron chi connectivity index (χ3n) is 10.9. The fourth-order valence-electron chi connectivity index (χ4n) is 8.20. The summed E-state index contributed by atoms with van der Waals surface area (Å²) in [5.74, 6) is 1.54. The van der Waals surface area contributed by atoms with Crippen molar-refractivity contribution in [2.45, 2.75) is 0 Å². The summed E-state index contributed by atoms with van der Waals surface area (Å²) in [6.45, 7) is 0. The van der Waals surface area contributed by atoms with E-state index in [0.717, 1.165) is 99.2 Å². The number of benzene rings is 7. The average molecular weight is 733 g/mol. The molecule has 0 aliphatic carbocycles. The van der Waals surface area contributed by atoms with Crippen LogP contribution in [0.25, 0.3) is 122 Å². The molecule has 0 atom stereocenters. The Balaban J connectivity index is 1.11. The van der Waals surface area contributed by atoms with Gasteiger partial charge in [0.15, 0.2) is 17.5 Å². The van der Waals surface area contributed by atoms with Crippen molar-refractivity contribution in [2.24, 2.45) is 0 Å². The zero-order chi connectivity index (χ0) is 37.5. The fourth-order valence-corrected chi connectivity index (χ4v) is 8.20. The molecule has 0 radical (unpaired) electrons. The Kier molecular flexibility index (Phi) is 6.79. The monoisotopic (exact) mass is 732 g/mol. The first-order chi connectivity index (χ1) is 28.2. The number of furan rings is 3. The standard InChI is InChI=1S/C50H28N4O3/c1-2-14-37(32(11-1)31-10-9-25-51-28-31)49-52-48(30-19-21-36-34-12-3-6-16-41(34)56-45(36)27-30)53-50(54-49)39-23-22-33(46-38-15-5-8-18-43(38)57-47(39)46)29-20-24-44-40(26-29)35-13-4-7-17-42(35)55-44/h1-28H. The second-order valence-electron chi connectivity index (χ2n) is 14.2. The van der Waals surface area contributed by atoms with E-state index in [4.69, 9.17) is 28.2 Å². The van der Waals surface area contributed by atoms with Gasteiger partial charge >= 0.3 is 0 Å². The summed E-state index contributed by atoms with van der Waals surface area (Å²) in [5.41, 5.74) is 11.2. The molecule has 7 aromatic carbocycles.